The Morgan fingerprint density at radius 3 is 2.34 bits per heavy atom. The molecule has 0 spiro atoms. The van der Waals surface area contributed by atoms with Gasteiger partial charge in [-0.25, -0.2) is 13.8 Å². The molecule has 9 nitrogen and oxygen atoms in total. The molecule has 2 aliphatic carbocycles. The summed E-state index contributed by atoms with van der Waals surface area (Å²) in [5.41, 5.74) is 6.18. The Morgan fingerprint density at radius 2 is 1.78 bits per heavy atom. The van der Waals surface area contributed by atoms with Gasteiger partial charge < -0.3 is 10.2 Å². The van der Waals surface area contributed by atoms with E-state index in [1.165, 1.54) is 32.8 Å². The normalized spacial score (nSPS) is 17.5. The average Bonchev–Trinajstić information content (AvgIpc) is 3.43. The Morgan fingerprint density at radius 1 is 1.09 bits per heavy atom. The number of amides is 2. The van der Waals surface area contributed by atoms with E-state index in [1.807, 2.05) is 0 Å². The third-order valence-corrected chi connectivity index (χ3v) is 8.19. The van der Waals surface area contributed by atoms with Crippen LogP contribution in [0.15, 0.2) is 18.5 Å². The highest BCUT2D eigenvalue weighted by Crippen LogP contribution is 2.38. The summed E-state index contributed by atoms with van der Waals surface area (Å²) < 4.78 is 31.5. The average molecular weight is 459 g/mol. The summed E-state index contributed by atoms with van der Waals surface area (Å²) in [5.74, 6) is 0. The van der Waals surface area contributed by atoms with Gasteiger partial charge in [0, 0.05) is 32.0 Å². The van der Waals surface area contributed by atoms with Crippen LogP contribution < -0.4 is 14.3 Å². The van der Waals surface area contributed by atoms with Gasteiger partial charge in [-0.1, -0.05) is 6.07 Å². The van der Waals surface area contributed by atoms with Crippen LogP contribution in [-0.4, -0.2) is 55.3 Å². The maximum Gasteiger partial charge on any atom is 0.334 e. The molecule has 2 aromatic rings. The van der Waals surface area contributed by atoms with Crippen molar-refractivity contribution in [3.05, 3.63) is 40.7 Å². The summed E-state index contributed by atoms with van der Waals surface area (Å²) >= 11 is 0. The van der Waals surface area contributed by atoms with E-state index in [2.05, 4.69) is 26.1 Å². The predicted octanol–water partition coefficient (Wildman–Crippen LogP) is 1.98. The zero-order valence-electron chi connectivity index (χ0n) is 18.4. The fraction of sp³-hybridized carbons (Fsp3) is 0.545. The van der Waals surface area contributed by atoms with Gasteiger partial charge in [-0.05, 0) is 80.3 Å². The standard InChI is InChI=1S/C22H30N6O3S/c1-26-15-18(14-23-26)28(12-11-27-9-4-10-27)32(30,31)25-22(29)24-21-19-7-2-5-16(19)13-17-6-3-8-20(17)21/h13-15H,2-12H2,1H3,(H2,24,25,29). The number of aryl methyl sites for hydroxylation is 3. The van der Waals surface area contributed by atoms with Crippen molar-refractivity contribution in [2.24, 2.45) is 7.05 Å². The molecule has 2 N–H and O–H groups in total. The highest BCUT2D eigenvalue weighted by Gasteiger charge is 2.29. The number of anilines is 2. The van der Waals surface area contributed by atoms with Crippen LogP contribution in [0, 0.1) is 0 Å². The minimum absolute atomic E-state index is 0.254. The first-order valence-electron chi connectivity index (χ1n) is 11.4. The number of hydrogen-bond donors (Lipinski definition) is 2. The quantitative estimate of drug-likeness (QED) is 0.661. The van der Waals surface area contributed by atoms with Crippen LogP contribution in [0.3, 0.4) is 0 Å². The number of carbonyl (C=O) groups excluding carboxylic acids is 1. The van der Waals surface area contributed by atoms with Crippen molar-refractivity contribution < 1.29 is 13.2 Å². The molecule has 1 aromatic carbocycles. The SMILES string of the molecule is Cn1cc(N(CCN2CCC2)S(=O)(=O)NC(=O)Nc2c3c(cc4c2CCC4)CCC3)cn1. The third kappa shape index (κ3) is 4.09. The number of fused-ring (bicyclic) bond motifs is 2. The van der Waals surface area contributed by atoms with E-state index >= 15 is 0 Å². The number of carbonyl (C=O) groups is 1. The molecule has 0 atom stereocenters. The molecule has 0 radical (unpaired) electrons. The summed E-state index contributed by atoms with van der Waals surface area (Å²) in [6.45, 7) is 2.81. The molecular weight excluding hydrogens is 428 g/mol. The Bertz CT molecular complexity index is 1110. The Balaban J connectivity index is 1.35. The lowest BCUT2D eigenvalue weighted by Crippen LogP contribution is -2.49. The fourth-order valence-corrected chi connectivity index (χ4v) is 6.13. The summed E-state index contributed by atoms with van der Waals surface area (Å²) in [6.07, 6.45) is 10.3. The lowest BCUT2D eigenvalue weighted by Gasteiger charge is -2.33. The van der Waals surface area contributed by atoms with Crippen LogP contribution in [0.1, 0.15) is 41.5 Å². The van der Waals surface area contributed by atoms with E-state index in [-0.39, 0.29) is 6.54 Å². The van der Waals surface area contributed by atoms with Gasteiger partial charge in [-0.15, -0.1) is 0 Å². The van der Waals surface area contributed by atoms with Gasteiger partial charge >= 0.3 is 16.2 Å². The maximum atomic E-state index is 13.2. The molecule has 10 heteroatoms. The number of urea groups is 1. The van der Waals surface area contributed by atoms with Crippen LogP contribution in [-0.2, 0) is 42.9 Å². The zero-order valence-corrected chi connectivity index (χ0v) is 19.2. The second-order valence-electron chi connectivity index (χ2n) is 8.93. The van der Waals surface area contributed by atoms with Gasteiger partial charge in [-0.3, -0.25) is 4.68 Å². The molecule has 3 aliphatic rings. The fourth-order valence-electron chi connectivity index (χ4n) is 5.04. The van der Waals surface area contributed by atoms with E-state index < -0.39 is 16.2 Å². The smallest absolute Gasteiger partial charge is 0.307 e. The topological polar surface area (TPSA) is 99.6 Å². The Labute approximate surface area is 188 Å². The summed E-state index contributed by atoms with van der Waals surface area (Å²) in [4.78, 5) is 15.1. The second-order valence-corrected chi connectivity index (χ2v) is 10.5. The number of nitrogens with zero attached hydrogens (tertiary/aromatic N) is 4. The highest BCUT2D eigenvalue weighted by molar-refractivity contribution is 7.91. The number of nitrogens with one attached hydrogen (secondary N) is 2. The van der Waals surface area contributed by atoms with Crippen molar-refractivity contribution in [1.82, 2.24) is 19.4 Å². The number of likely N-dealkylation sites (tertiary alicyclic amines) is 1. The second kappa shape index (κ2) is 8.40. The van der Waals surface area contributed by atoms with Crippen molar-refractivity contribution in [1.29, 1.82) is 0 Å². The van der Waals surface area contributed by atoms with Crippen molar-refractivity contribution in [2.75, 3.05) is 35.8 Å². The number of benzene rings is 1. The molecule has 1 fully saturated rings. The summed E-state index contributed by atoms with van der Waals surface area (Å²) in [7, 11) is -2.36. The van der Waals surface area contributed by atoms with Crippen LogP contribution in [0.2, 0.25) is 0 Å². The van der Waals surface area contributed by atoms with Crippen molar-refractivity contribution in [2.45, 2.75) is 44.9 Å². The van der Waals surface area contributed by atoms with E-state index in [0.717, 1.165) is 63.7 Å². The largest absolute Gasteiger partial charge is 0.334 e. The van der Waals surface area contributed by atoms with Crippen LogP contribution in [0.5, 0.6) is 0 Å². The molecule has 2 heterocycles. The molecule has 5 rings (SSSR count). The molecule has 0 unspecified atom stereocenters. The van der Waals surface area contributed by atoms with Gasteiger partial charge in [0.05, 0.1) is 11.9 Å². The molecule has 32 heavy (non-hydrogen) atoms. The van der Waals surface area contributed by atoms with E-state index in [4.69, 9.17) is 0 Å². The predicted molar refractivity (Wildman–Crippen MR) is 123 cm³/mol. The number of aromatic nitrogens is 2. The Kier molecular flexibility index (Phi) is 5.58. The molecule has 1 aliphatic heterocycles. The van der Waals surface area contributed by atoms with Crippen molar-refractivity contribution >= 4 is 27.6 Å². The zero-order chi connectivity index (χ0) is 22.3. The minimum atomic E-state index is -4.10. The van der Waals surface area contributed by atoms with Crippen molar-refractivity contribution in [3.8, 4) is 0 Å². The van der Waals surface area contributed by atoms with Gasteiger partial charge in [0.1, 0.15) is 0 Å². The number of hydrogen-bond acceptors (Lipinski definition) is 5. The number of rotatable bonds is 7. The van der Waals surface area contributed by atoms with Gasteiger partial charge in [0.25, 0.3) is 0 Å². The molecule has 1 aromatic heterocycles. The summed E-state index contributed by atoms with van der Waals surface area (Å²) in [5, 5.41) is 7.02. The first-order valence-corrected chi connectivity index (χ1v) is 12.8. The summed E-state index contributed by atoms with van der Waals surface area (Å²) in [6, 6.07) is 1.57. The molecular formula is C22H30N6O3S. The van der Waals surface area contributed by atoms with Crippen LogP contribution in [0.25, 0.3) is 0 Å². The van der Waals surface area contributed by atoms with E-state index in [1.54, 1.807) is 17.9 Å². The first kappa shape index (κ1) is 21.3. The molecule has 0 bridgehead atoms. The van der Waals surface area contributed by atoms with Gasteiger partial charge in [0.15, 0.2) is 0 Å². The van der Waals surface area contributed by atoms with E-state index in [0.29, 0.717) is 12.2 Å². The van der Waals surface area contributed by atoms with Crippen LogP contribution in [0.4, 0.5) is 16.2 Å². The minimum Gasteiger partial charge on any atom is -0.307 e. The van der Waals surface area contributed by atoms with E-state index in [9.17, 15) is 13.2 Å². The maximum absolute atomic E-state index is 13.2. The lowest BCUT2D eigenvalue weighted by atomic mass is 9.99. The third-order valence-electron chi connectivity index (χ3n) is 6.77. The molecule has 172 valence electrons. The monoisotopic (exact) mass is 458 g/mol. The molecule has 1 saturated heterocycles. The van der Waals surface area contributed by atoms with Crippen LogP contribution >= 0.6 is 0 Å². The Hall–Kier alpha value is -2.59. The molecule has 0 saturated carbocycles. The van der Waals surface area contributed by atoms with Crippen molar-refractivity contribution in [3.63, 3.8) is 0 Å². The lowest BCUT2D eigenvalue weighted by molar-refractivity contribution is 0.187. The van der Waals surface area contributed by atoms with Gasteiger partial charge in [-0.2, -0.15) is 13.5 Å². The van der Waals surface area contributed by atoms with Gasteiger partial charge in [0.2, 0.25) is 0 Å². The highest BCUT2D eigenvalue weighted by atomic mass is 32.2. The first-order chi connectivity index (χ1) is 15.4. The molecule has 2 amide bonds.